The van der Waals surface area contributed by atoms with Gasteiger partial charge < -0.3 is 10.8 Å². The van der Waals surface area contributed by atoms with Gasteiger partial charge in [-0.15, -0.1) is 0 Å². The Morgan fingerprint density at radius 3 is 2.53 bits per heavy atom. The van der Waals surface area contributed by atoms with Crippen LogP contribution < -0.4 is 5.73 Å². The molecule has 0 aliphatic rings. The van der Waals surface area contributed by atoms with E-state index in [2.05, 4.69) is 26.8 Å². The monoisotopic (exact) mass is 205 g/mol. The summed E-state index contributed by atoms with van der Waals surface area (Å²) in [7, 11) is 0. The van der Waals surface area contributed by atoms with Gasteiger partial charge in [0.1, 0.15) is 0 Å². The quantitative estimate of drug-likeness (QED) is 0.729. The van der Waals surface area contributed by atoms with E-state index in [1.54, 1.807) is 6.08 Å². The van der Waals surface area contributed by atoms with E-state index in [1.165, 1.54) is 5.56 Å². The molecule has 0 amide bonds. The summed E-state index contributed by atoms with van der Waals surface area (Å²) in [6.07, 6.45) is 3.54. The van der Waals surface area contributed by atoms with Gasteiger partial charge in [-0.1, -0.05) is 39.0 Å². The summed E-state index contributed by atoms with van der Waals surface area (Å²) in [5.41, 5.74) is 8.92. The summed E-state index contributed by atoms with van der Waals surface area (Å²) in [6, 6.07) is 6.03. The van der Waals surface area contributed by atoms with Crippen LogP contribution in [-0.2, 0) is 5.41 Å². The van der Waals surface area contributed by atoms with Crippen molar-refractivity contribution < 1.29 is 5.11 Å². The zero-order valence-electron chi connectivity index (χ0n) is 9.62. The average molecular weight is 205 g/mol. The van der Waals surface area contributed by atoms with Crippen LogP contribution in [0.25, 0.3) is 6.08 Å². The van der Waals surface area contributed by atoms with Gasteiger partial charge in [-0.05, 0) is 28.7 Å². The smallest absolute Gasteiger partial charge is 0.0615 e. The fourth-order valence-electron chi connectivity index (χ4n) is 1.37. The maximum absolute atomic E-state index is 8.72. The molecule has 0 saturated carbocycles. The summed E-state index contributed by atoms with van der Waals surface area (Å²) in [4.78, 5) is 0. The van der Waals surface area contributed by atoms with Gasteiger partial charge in [0.05, 0.1) is 6.61 Å². The molecule has 0 aliphatic carbocycles. The van der Waals surface area contributed by atoms with Crippen molar-refractivity contribution in [3.63, 3.8) is 0 Å². The van der Waals surface area contributed by atoms with Crippen LogP contribution in [0.4, 0.5) is 5.69 Å². The Hall–Kier alpha value is -1.28. The molecule has 0 fully saturated rings. The lowest BCUT2D eigenvalue weighted by atomic mass is 9.86. The maximum atomic E-state index is 8.72. The molecule has 1 aromatic rings. The lowest BCUT2D eigenvalue weighted by Crippen LogP contribution is -2.11. The molecule has 0 unspecified atom stereocenters. The number of nitrogens with two attached hydrogens (primary N) is 1. The molecule has 2 heteroatoms. The van der Waals surface area contributed by atoms with E-state index in [4.69, 9.17) is 10.8 Å². The Morgan fingerprint density at radius 2 is 2.00 bits per heavy atom. The van der Waals surface area contributed by atoms with Crippen molar-refractivity contribution in [3.05, 3.63) is 35.4 Å². The van der Waals surface area contributed by atoms with Gasteiger partial charge in [-0.2, -0.15) is 0 Å². The topological polar surface area (TPSA) is 46.2 Å². The summed E-state index contributed by atoms with van der Waals surface area (Å²) in [5, 5.41) is 8.72. The van der Waals surface area contributed by atoms with Crippen molar-refractivity contribution >= 4 is 11.8 Å². The van der Waals surface area contributed by atoms with Crippen molar-refractivity contribution in [1.29, 1.82) is 0 Å². The molecule has 0 bridgehead atoms. The van der Waals surface area contributed by atoms with Crippen molar-refractivity contribution in [2.75, 3.05) is 12.3 Å². The first-order chi connectivity index (χ1) is 6.95. The lowest BCUT2D eigenvalue weighted by Gasteiger charge is -2.20. The minimum atomic E-state index is 0.0409. The number of hydrogen-bond acceptors (Lipinski definition) is 2. The summed E-state index contributed by atoms with van der Waals surface area (Å²) in [5.74, 6) is 0. The van der Waals surface area contributed by atoms with Crippen LogP contribution in [0.5, 0.6) is 0 Å². The van der Waals surface area contributed by atoms with Crippen LogP contribution in [-0.4, -0.2) is 11.7 Å². The van der Waals surface area contributed by atoms with Crippen LogP contribution in [0.3, 0.4) is 0 Å². The standard InChI is InChI=1S/C13H19NO/c1-13(2,3)11-6-7-12(14)10(9-11)5-4-8-15/h4-7,9,15H,8,14H2,1-3H3. The van der Waals surface area contributed by atoms with Crippen molar-refractivity contribution in [2.24, 2.45) is 0 Å². The highest BCUT2D eigenvalue weighted by molar-refractivity contribution is 5.65. The first-order valence-electron chi connectivity index (χ1n) is 5.12. The van der Waals surface area contributed by atoms with Gasteiger partial charge in [0, 0.05) is 5.69 Å². The Kier molecular flexibility index (Phi) is 3.53. The zero-order valence-corrected chi connectivity index (χ0v) is 9.62. The summed E-state index contributed by atoms with van der Waals surface area (Å²) in [6.45, 7) is 6.54. The highest BCUT2D eigenvalue weighted by Crippen LogP contribution is 2.26. The second-order valence-corrected chi connectivity index (χ2v) is 4.68. The van der Waals surface area contributed by atoms with Crippen LogP contribution >= 0.6 is 0 Å². The van der Waals surface area contributed by atoms with E-state index < -0.39 is 0 Å². The van der Waals surface area contributed by atoms with Gasteiger partial charge in [-0.3, -0.25) is 0 Å². The average Bonchev–Trinajstić information content (AvgIpc) is 2.15. The van der Waals surface area contributed by atoms with Gasteiger partial charge in [0.15, 0.2) is 0 Å². The normalized spacial score (nSPS) is 12.3. The maximum Gasteiger partial charge on any atom is 0.0615 e. The summed E-state index contributed by atoms with van der Waals surface area (Å²) >= 11 is 0. The number of rotatable bonds is 2. The Balaban J connectivity index is 3.11. The number of benzene rings is 1. The third-order valence-corrected chi connectivity index (χ3v) is 2.36. The second kappa shape index (κ2) is 4.49. The lowest BCUT2D eigenvalue weighted by molar-refractivity contribution is 0.343. The highest BCUT2D eigenvalue weighted by Gasteiger charge is 2.13. The van der Waals surface area contributed by atoms with Gasteiger partial charge in [0.25, 0.3) is 0 Å². The van der Waals surface area contributed by atoms with E-state index >= 15 is 0 Å². The molecule has 82 valence electrons. The van der Waals surface area contributed by atoms with E-state index in [0.29, 0.717) is 0 Å². The number of aliphatic hydroxyl groups is 1. The Morgan fingerprint density at radius 1 is 1.33 bits per heavy atom. The molecule has 0 spiro atoms. The van der Waals surface area contributed by atoms with E-state index in [0.717, 1.165) is 11.3 Å². The minimum Gasteiger partial charge on any atom is -0.398 e. The molecule has 3 N–H and O–H groups in total. The minimum absolute atomic E-state index is 0.0409. The van der Waals surface area contributed by atoms with Crippen molar-refractivity contribution in [3.8, 4) is 0 Å². The predicted octanol–water partition coefficient (Wildman–Crippen LogP) is 2.57. The van der Waals surface area contributed by atoms with Gasteiger partial charge >= 0.3 is 0 Å². The molecule has 1 rings (SSSR count). The molecular weight excluding hydrogens is 186 g/mol. The van der Waals surface area contributed by atoms with Crippen molar-refractivity contribution in [2.45, 2.75) is 26.2 Å². The first kappa shape index (κ1) is 11.8. The first-order valence-corrected chi connectivity index (χ1v) is 5.12. The molecule has 0 heterocycles. The molecule has 0 radical (unpaired) electrons. The zero-order chi connectivity index (χ0) is 11.5. The molecule has 0 aromatic heterocycles. The molecule has 0 atom stereocenters. The fourth-order valence-corrected chi connectivity index (χ4v) is 1.37. The van der Waals surface area contributed by atoms with E-state index in [1.807, 2.05) is 18.2 Å². The molecule has 15 heavy (non-hydrogen) atoms. The Bertz CT molecular complexity index is 361. The number of hydrogen-bond donors (Lipinski definition) is 2. The highest BCUT2D eigenvalue weighted by atomic mass is 16.2. The molecule has 0 aliphatic heterocycles. The third-order valence-electron chi connectivity index (χ3n) is 2.36. The largest absolute Gasteiger partial charge is 0.398 e. The number of nitrogen functional groups attached to an aromatic ring is 1. The van der Waals surface area contributed by atoms with Crippen molar-refractivity contribution in [1.82, 2.24) is 0 Å². The van der Waals surface area contributed by atoms with E-state index in [9.17, 15) is 0 Å². The number of anilines is 1. The summed E-state index contributed by atoms with van der Waals surface area (Å²) < 4.78 is 0. The SMILES string of the molecule is CC(C)(C)c1ccc(N)c(C=CCO)c1. The van der Waals surface area contributed by atoms with Gasteiger partial charge in [0.2, 0.25) is 0 Å². The molecule has 0 saturated heterocycles. The predicted molar refractivity (Wildman–Crippen MR) is 65.7 cm³/mol. The van der Waals surface area contributed by atoms with Crippen LogP contribution in [0, 0.1) is 0 Å². The molecule has 1 aromatic carbocycles. The van der Waals surface area contributed by atoms with Gasteiger partial charge in [-0.25, -0.2) is 0 Å². The van der Waals surface area contributed by atoms with Crippen LogP contribution in [0.2, 0.25) is 0 Å². The molecule has 2 nitrogen and oxygen atoms in total. The number of aliphatic hydroxyl groups excluding tert-OH is 1. The van der Waals surface area contributed by atoms with Crippen LogP contribution in [0.1, 0.15) is 31.9 Å². The van der Waals surface area contributed by atoms with E-state index in [-0.39, 0.29) is 12.0 Å². The third kappa shape index (κ3) is 3.10. The fraction of sp³-hybridized carbons (Fsp3) is 0.385. The Labute approximate surface area is 91.4 Å². The second-order valence-electron chi connectivity index (χ2n) is 4.68. The molecular formula is C13H19NO. The van der Waals surface area contributed by atoms with Crippen LogP contribution in [0.15, 0.2) is 24.3 Å².